The Morgan fingerprint density at radius 2 is 1.96 bits per heavy atom. The van der Waals surface area contributed by atoms with Crippen LogP contribution in [0.2, 0.25) is 0 Å². The standard InChI is InChI=1S/C17H25N7O/c1-2-4-14-13(3-1)15-18-6-8-23-16(21-17(20-14)24(15)23)19-5-7-22-9-11-25-12-10-22/h18H,1-12H2. The largest absolute Gasteiger partial charge is 0.379 e. The fourth-order valence-corrected chi connectivity index (χ4v) is 4.10. The Bertz CT molecular complexity index is 847. The molecule has 2 aliphatic heterocycles. The van der Waals surface area contributed by atoms with E-state index in [4.69, 9.17) is 19.7 Å². The molecule has 0 atom stereocenters. The number of rotatable bonds is 3. The maximum absolute atomic E-state index is 5.40. The van der Waals surface area contributed by atoms with Crippen molar-refractivity contribution in [3.05, 3.63) is 16.9 Å². The first-order valence-corrected chi connectivity index (χ1v) is 9.46. The fraction of sp³-hybridized carbons (Fsp3) is 0.706. The van der Waals surface area contributed by atoms with Crippen molar-refractivity contribution in [3.63, 3.8) is 0 Å². The molecule has 8 nitrogen and oxygen atoms in total. The highest BCUT2D eigenvalue weighted by Gasteiger charge is 2.23. The van der Waals surface area contributed by atoms with E-state index >= 15 is 0 Å². The van der Waals surface area contributed by atoms with Crippen LogP contribution in [0.15, 0.2) is 4.99 Å². The zero-order valence-electron chi connectivity index (χ0n) is 14.6. The molecule has 1 N–H and O–H groups in total. The SMILES string of the molecule is C1CCc2c(nc3nc(=NCCN4CCOCC4)n4n3c2NCC4)C1. The van der Waals surface area contributed by atoms with Gasteiger partial charge in [-0.2, -0.15) is 9.50 Å². The molecule has 1 aliphatic carbocycles. The summed E-state index contributed by atoms with van der Waals surface area (Å²) in [5.74, 6) is 1.97. The lowest BCUT2D eigenvalue weighted by molar-refractivity contribution is 0.0393. The Balaban J connectivity index is 1.49. The van der Waals surface area contributed by atoms with Gasteiger partial charge in [0, 0.05) is 31.7 Å². The van der Waals surface area contributed by atoms with Gasteiger partial charge < -0.3 is 10.1 Å². The van der Waals surface area contributed by atoms with E-state index in [2.05, 4.69) is 19.4 Å². The normalized spacial score (nSPS) is 21.4. The molecule has 2 aromatic rings. The molecule has 0 aromatic carbocycles. The van der Waals surface area contributed by atoms with Gasteiger partial charge in [-0.25, -0.2) is 14.7 Å². The monoisotopic (exact) mass is 343 g/mol. The third-order valence-electron chi connectivity index (χ3n) is 5.42. The molecular weight excluding hydrogens is 318 g/mol. The van der Waals surface area contributed by atoms with Gasteiger partial charge in [0.05, 0.1) is 32.0 Å². The average Bonchev–Trinajstić information content (AvgIpc) is 3.02. The van der Waals surface area contributed by atoms with Crippen molar-refractivity contribution in [1.82, 2.24) is 24.1 Å². The maximum atomic E-state index is 5.40. The van der Waals surface area contributed by atoms with Crippen LogP contribution in [0, 0.1) is 0 Å². The van der Waals surface area contributed by atoms with Crippen LogP contribution in [0.25, 0.3) is 5.78 Å². The summed E-state index contributed by atoms with van der Waals surface area (Å²) in [6, 6.07) is 0. The Morgan fingerprint density at radius 1 is 1.08 bits per heavy atom. The molecular formula is C17H25N7O. The lowest BCUT2D eigenvalue weighted by atomic mass is 9.96. The molecule has 25 heavy (non-hydrogen) atoms. The lowest BCUT2D eigenvalue weighted by Crippen LogP contribution is -2.38. The Labute approximate surface area is 146 Å². The second kappa shape index (κ2) is 6.42. The zero-order valence-corrected chi connectivity index (χ0v) is 14.6. The number of nitrogens with zero attached hydrogens (tertiary/aromatic N) is 6. The van der Waals surface area contributed by atoms with Gasteiger partial charge in [-0.1, -0.05) is 0 Å². The number of fused-ring (bicyclic) bond motifs is 2. The number of anilines is 1. The molecule has 2 aromatic heterocycles. The van der Waals surface area contributed by atoms with Crippen molar-refractivity contribution in [2.45, 2.75) is 32.2 Å². The van der Waals surface area contributed by atoms with Crippen molar-refractivity contribution in [2.24, 2.45) is 4.99 Å². The smallest absolute Gasteiger partial charge is 0.254 e. The van der Waals surface area contributed by atoms with Gasteiger partial charge in [-0.05, 0) is 25.7 Å². The molecule has 4 heterocycles. The molecule has 0 unspecified atom stereocenters. The molecule has 0 amide bonds. The average molecular weight is 343 g/mol. The minimum Gasteiger partial charge on any atom is -0.379 e. The van der Waals surface area contributed by atoms with Crippen LogP contribution in [0.3, 0.4) is 0 Å². The summed E-state index contributed by atoms with van der Waals surface area (Å²) in [5, 5.41) is 3.57. The molecule has 0 spiro atoms. The molecule has 0 bridgehead atoms. The van der Waals surface area contributed by atoms with Crippen LogP contribution < -0.4 is 10.9 Å². The van der Waals surface area contributed by atoms with Gasteiger partial charge in [0.25, 0.3) is 5.78 Å². The summed E-state index contributed by atoms with van der Waals surface area (Å²) in [4.78, 5) is 16.8. The molecule has 5 rings (SSSR count). The van der Waals surface area contributed by atoms with Crippen LogP contribution >= 0.6 is 0 Å². The van der Waals surface area contributed by atoms with Crippen molar-refractivity contribution in [2.75, 3.05) is 51.3 Å². The van der Waals surface area contributed by atoms with E-state index in [0.717, 1.165) is 76.7 Å². The number of aryl methyl sites for hydroxylation is 1. The van der Waals surface area contributed by atoms with E-state index in [0.29, 0.717) is 0 Å². The quantitative estimate of drug-likeness (QED) is 0.854. The van der Waals surface area contributed by atoms with Gasteiger partial charge in [-0.15, -0.1) is 0 Å². The Hall–Kier alpha value is -1.93. The summed E-state index contributed by atoms with van der Waals surface area (Å²) in [5.41, 5.74) is 3.41. The van der Waals surface area contributed by atoms with Gasteiger partial charge in [0.15, 0.2) is 0 Å². The molecule has 3 aliphatic rings. The zero-order chi connectivity index (χ0) is 16.6. The number of aromatic nitrogens is 4. The van der Waals surface area contributed by atoms with E-state index in [1.807, 2.05) is 0 Å². The molecule has 0 saturated carbocycles. The van der Waals surface area contributed by atoms with E-state index < -0.39 is 0 Å². The van der Waals surface area contributed by atoms with Crippen molar-refractivity contribution < 1.29 is 4.74 Å². The summed E-state index contributed by atoms with van der Waals surface area (Å²) < 4.78 is 9.73. The summed E-state index contributed by atoms with van der Waals surface area (Å²) >= 11 is 0. The second-order valence-corrected chi connectivity index (χ2v) is 7.00. The summed E-state index contributed by atoms with van der Waals surface area (Å²) in [6.45, 7) is 7.21. The van der Waals surface area contributed by atoms with Crippen molar-refractivity contribution in [1.29, 1.82) is 0 Å². The number of nitrogens with one attached hydrogen (secondary N) is 1. The molecule has 1 saturated heterocycles. The Kier molecular flexibility index (Phi) is 3.94. The fourth-order valence-electron chi connectivity index (χ4n) is 4.10. The second-order valence-electron chi connectivity index (χ2n) is 7.00. The first-order chi connectivity index (χ1) is 12.4. The molecule has 0 radical (unpaired) electrons. The van der Waals surface area contributed by atoms with Crippen LogP contribution in [-0.2, 0) is 24.1 Å². The highest BCUT2D eigenvalue weighted by Crippen LogP contribution is 2.28. The lowest BCUT2D eigenvalue weighted by Gasteiger charge is -2.25. The first kappa shape index (κ1) is 15.3. The minimum absolute atomic E-state index is 0.770. The van der Waals surface area contributed by atoms with Crippen molar-refractivity contribution in [3.8, 4) is 0 Å². The molecule has 1 fully saturated rings. The topological polar surface area (TPSA) is 72.0 Å². The van der Waals surface area contributed by atoms with E-state index in [9.17, 15) is 0 Å². The van der Waals surface area contributed by atoms with Crippen LogP contribution in [0.5, 0.6) is 0 Å². The molecule has 134 valence electrons. The van der Waals surface area contributed by atoms with Gasteiger partial charge >= 0.3 is 0 Å². The number of hydrogen-bond acceptors (Lipinski definition) is 6. The third kappa shape index (κ3) is 2.73. The number of morpholine rings is 1. The highest BCUT2D eigenvalue weighted by molar-refractivity contribution is 5.54. The third-order valence-corrected chi connectivity index (χ3v) is 5.42. The highest BCUT2D eigenvalue weighted by atomic mass is 16.5. The van der Waals surface area contributed by atoms with Crippen molar-refractivity contribution >= 4 is 11.6 Å². The Morgan fingerprint density at radius 3 is 2.88 bits per heavy atom. The van der Waals surface area contributed by atoms with Gasteiger partial charge in [0.2, 0.25) is 5.62 Å². The van der Waals surface area contributed by atoms with E-state index in [-0.39, 0.29) is 0 Å². The summed E-state index contributed by atoms with van der Waals surface area (Å²) in [6.07, 6.45) is 4.66. The minimum atomic E-state index is 0.770. The molecule has 8 heteroatoms. The van der Waals surface area contributed by atoms with E-state index in [1.54, 1.807) is 0 Å². The maximum Gasteiger partial charge on any atom is 0.254 e. The number of hydrogen-bond donors (Lipinski definition) is 1. The summed E-state index contributed by atoms with van der Waals surface area (Å²) in [7, 11) is 0. The number of ether oxygens (including phenoxy) is 1. The predicted octanol–water partition coefficient (Wildman–Crippen LogP) is 0.0680. The van der Waals surface area contributed by atoms with E-state index in [1.165, 1.54) is 29.9 Å². The first-order valence-electron chi connectivity index (χ1n) is 9.46. The van der Waals surface area contributed by atoms with Crippen LogP contribution in [0.1, 0.15) is 24.1 Å². The predicted molar refractivity (Wildman–Crippen MR) is 93.8 cm³/mol. The van der Waals surface area contributed by atoms with Gasteiger partial charge in [0.1, 0.15) is 5.82 Å². The van der Waals surface area contributed by atoms with Crippen LogP contribution in [0.4, 0.5) is 5.82 Å². The van der Waals surface area contributed by atoms with Gasteiger partial charge in [-0.3, -0.25) is 4.90 Å². The van der Waals surface area contributed by atoms with Crippen LogP contribution in [-0.4, -0.2) is 70.0 Å².